The van der Waals surface area contributed by atoms with Gasteiger partial charge in [-0.05, 0) is 6.42 Å². The van der Waals surface area contributed by atoms with Crippen LogP contribution in [0, 0.1) is 0 Å². The summed E-state index contributed by atoms with van der Waals surface area (Å²) in [6.07, 6.45) is 15.9. The number of carbonyl (C=O) groups excluding carboxylic acids is 1. The van der Waals surface area contributed by atoms with E-state index in [1.807, 2.05) is 12.1 Å². The van der Waals surface area contributed by atoms with Crippen LogP contribution in [0.15, 0.2) is 12.1 Å². The zero-order chi connectivity index (χ0) is 24.6. The number of carbonyl (C=O) groups is 1. The lowest BCUT2D eigenvalue weighted by Crippen LogP contribution is -2.42. The van der Waals surface area contributed by atoms with Crippen molar-refractivity contribution >= 4 is 17.7 Å². The molecule has 0 radical (unpaired) electrons. The molecule has 1 fully saturated rings. The number of hydrogen-bond acceptors (Lipinski definition) is 6. The summed E-state index contributed by atoms with van der Waals surface area (Å²) in [5, 5.41) is 6.48. The highest BCUT2D eigenvalue weighted by Gasteiger charge is 2.34. The highest BCUT2D eigenvalue weighted by molar-refractivity contribution is 7.99. The Hall–Kier alpha value is -1.60. The fraction of sp³-hybridized carbons (Fsp3) is 0.741. The molecule has 1 unspecified atom stereocenters. The monoisotopic (exact) mass is 494 g/mol. The summed E-state index contributed by atoms with van der Waals surface area (Å²) in [7, 11) is 4.89. The van der Waals surface area contributed by atoms with Crippen LogP contribution in [-0.4, -0.2) is 45.6 Å². The highest BCUT2D eigenvalue weighted by Crippen LogP contribution is 2.44. The Balaban J connectivity index is 1.62. The quantitative estimate of drug-likeness (QED) is 0.236. The van der Waals surface area contributed by atoms with E-state index >= 15 is 0 Å². The second-order valence-electron chi connectivity index (χ2n) is 9.06. The number of rotatable bonds is 18. The van der Waals surface area contributed by atoms with E-state index in [0.717, 1.165) is 18.5 Å². The van der Waals surface area contributed by atoms with Gasteiger partial charge in [0.05, 0.1) is 38.3 Å². The Morgan fingerprint density at radius 1 is 0.882 bits per heavy atom. The number of benzene rings is 1. The molecule has 0 saturated carbocycles. The fourth-order valence-electron chi connectivity index (χ4n) is 4.38. The van der Waals surface area contributed by atoms with Crippen LogP contribution in [0.1, 0.15) is 94.9 Å². The van der Waals surface area contributed by atoms with Crippen LogP contribution in [0.25, 0.3) is 0 Å². The van der Waals surface area contributed by atoms with Gasteiger partial charge in [-0.25, -0.2) is 0 Å². The predicted octanol–water partition coefficient (Wildman–Crippen LogP) is 6.23. The lowest BCUT2D eigenvalue weighted by molar-refractivity contribution is -0.122. The zero-order valence-corrected chi connectivity index (χ0v) is 22.6. The van der Waals surface area contributed by atoms with Crippen LogP contribution < -0.4 is 24.8 Å². The molecule has 1 aliphatic rings. The molecule has 1 aromatic rings. The second kappa shape index (κ2) is 16.9. The van der Waals surface area contributed by atoms with Crippen LogP contribution in [0.5, 0.6) is 17.2 Å². The number of methoxy groups -OCH3 is 3. The Labute approximate surface area is 211 Å². The summed E-state index contributed by atoms with van der Waals surface area (Å²) in [5.41, 5.74) is 0.909. The normalized spacial score (nSPS) is 17.5. The minimum absolute atomic E-state index is 0.0711. The van der Waals surface area contributed by atoms with Crippen LogP contribution in [0.4, 0.5) is 0 Å². The Morgan fingerprint density at radius 2 is 1.41 bits per heavy atom. The molecule has 1 amide bonds. The van der Waals surface area contributed by atoms with Gasteiger partial charge < -0.3 is 19.5 Å². The van der Waals surface area contributed by atoms with Gasteiger partial charge in [0.15, 0.2) is 0 Å². The Morgan fingerprint density at radius 3 is 1.91 bits per heavy atom. The number of ether oxygens (including phenoxy) is 3. The summed E-state index contributed by atoms with van der Waals surface area (Å²) in [6.45, 7) is 3.02. The molecule has 1 saturated heterocycles. The van der Waals surface area contributed by atoms with E-state index in [-0.39, 0.29) is 17.3 Å². The molecule has 1 heterocycles. The number of hydrogen-bond donors (Lipinski definition) is 2. The van der Waals surface area contributed by atoms with Crippen LogP contribution in [0.3, 0.4) is 0 Å². The van der Waals surface area contributed by atoms with Crippen molar-refractivity contribution in [3.8, 4) is 17.2 Å². The van der Waals surface area contributed by atoms with Gasteiger partial charge in [-0.2, -0.15) is 0 Å². The SMILES string of the molecule is CCCCCCCCCCCCCCNC(=O)[C@@H]1CSC(c2c(OC)cc(OC)cc2OC)N1. The van der Waals surface area contributed by atoms with Gasteiger partial charge in [0.25, 0.3) is 0 Å². The molecule has 7 heteroatoms. The average molecular weight is 495 g/mol. The molecule has 34 heavy (non-hydrogen) atoms. The van der Waals surface area contributed by atoms with Crippen molar-refractivity contribution < 1.29 is 19.0 Å². The summed E-state index contributed by atoms with van der Waals surface area (Å²) >= 11 is 1.69. The first-order valence-corrected chi connectivity index (χ1v) is 14.1. The highest BCUT2D eigenvalue weighted by atomic mass is 32.2. The number of nitrogens with one attached hydrogen (secondary N) is 2. The van der Waals surface area contributed by atoms with Crippen LogP contribution in [0.2, 0.25) is 0 Å². The zero-order valence-electron chi connectivity index (χ0n) is 21.8. The maximum absolute atomic E-state index is 12.7. The van der Waals surface area contributed by atoms with Gasteiger partial charge >= 0.3 is 0 Å². The van der Waals surface area contributed by atoms with Gasteiger partial charge in [0.1, 0.15) is 17.2 Å². The van der Waals surface area contributed by atoms with E-state index in [1.165, 1.54) is 70.6 Å². The first-order chi connectivity index (χ1) is 16.6. The van der Waals surface area contributed by atoms with Crippen LogP contribution >= 0.6 is 11.8 Å². The van der Waals surface area contributed by atoms with Gasteiger partial charge in [0.2, 0.25) is 5.91 Å². The Kier molecular flexibility index (Phi) is 14.3. The molecule has 1 aromatic carbocycles. The molecule has 6 nitrogen and oxygen atoms in total. The standard InChI is InChI=1S/C27H46N2O4S/c1-5-6-7-8-9-10-11-12-13-14-15-16-17-28-26(30)22-20-34-27(29-22)25-23(32-3)18-21(31-2)19-24(25)33-4/h18-19,22,27,29H,5-17,20H2,1-4H3,(H,28,30)/t22-,27?/m0/s1. The van der Waals surface area contributed by atoms with Crippen molar-refractivity contribution in [2.75, 3.05) is 33.6 Å². The van der Waals surface area contributed by atoms with Crippen LogP contribution in [-0.2, 0) is 4.79 Å². The third-order valence-corrected chi connectivity index (χ3v) is 7.67. The van der Waals surface area contributed by atoms with E-state index in [0.29, 0.717) is 23.0 Å². The van der Waals surface area contributed by atoms with E-state index in [2.05, 4.69) is 17.6 Å². The third-order valence-electron chi connectivity index (χ3n) is 6.44. The van der Waals surface area contributed by atoms with E-state index < -0.39 is 0 Å². The van der Waals surface area contributed by atoms with Gasteiger partial charge in [0, 0.05) is 24.4 Å². The van der Waals surface area contributed by atoms with Gasteiger partial charge in [-0.15, -0.1) is 11.8 Å². The largest absolute Gasteiger partial charge is 0.496 e. The molecular formula is C27H46N2O4S. The molecule has 0 bridgehead atoms. The lowest BCUT2D eigenvalue weighted by Gasteiger charge is -2.20. The molecule has 1 aliphatic heterocycles. The lowest BCUT2D eigenvalue weighted by atomic mass is 10.1. The maximum atomic E-state index is 12.7. The molecule has 2 rings (SSSR count). The molecule has 0 spiro atoms. The molecule has 2 atom stereocenters. The first-order valence-electron chi connectivity index (χ1n) is 13.1. The molecule has 0 aromatic heterocycles. The van der Waals surface area contributed by atoms with Crippen molar-refractivity contribution in [1.82, 2.24) is 10.6 Å². The van der Waals surface area contributed by atoms with E-state index in [9.17, 15) is 4.79 Å². The minimum atomic E-state index is -0.219. The van der Waals surface area contributed by atoms with Crippen molar-refractivity contribution in [1.29, 1.82) is 0 Å². The minimum Gasteiger partial charge on any atom is -0.496 e. The number of thioether (sulfide) groups is 1. The molecule has 194 valence electrons. The van der Waals surface area contributed by atoms with Gasteiger partial charge in [-0.3, -0.25) is 10.1 Å². The summed E-state index contributed by atoms with van der Waals surface area (Å²) < 4.78 is 16.5. The predicted molar refractivity (Wildman–Crippen MR) is 142 cm³/mol. The van der Waals surface area contributed by atoms with Crippen molar-refractivity contribution in [2.45, 2.75) is 95.4 Å². The van der Waals surface area contributed by atoms with Crippen molar-refractivity contribution in [3.05, 3.63) is 17.7 Å². The maximum Gasteiger partial charge on any atom is 0.238 e. The third kappa shape index (κ3) is 9.57. The topological polar surface area (TPSA) is 68.8 Å². The molecule has 0 aliphatic carbocycles. The summed E-state index contributed by atoms with van der Waals surface area (Å²) in [6, 6.07) is 3.48. The fourth-order valence-corrected chi connectivity index (χ4v) is 5.67. The molecular weight excluding hydrogens is 448 g/mol. The number of amides is 1. The summed E-state index contributed by atoms with van der Waals surface area (Å²) in [4.78, 5) is 12.7. The Bertz CT molecular complexity index is 691. The van der Waals surface area contributed by atoms with Gasteiger partial charge in [-0.1, -0.05) is 77.6 Å². The average Bonchev–Trinajstić information content (AvgIpc) is 3.35. The smallest absolute Gasteiger partial charge is 0.238 e. The number of unbranched alkanes of at least 4 members (excludes halogenated alkanes) is 11. The van der Waals surface area contributed by atoms with Crippen molar-refractivity contribution in [2.24, 2.45) is 0 Å². The van der Waals surface area contributed by atoms with E-state index in [4.69, 9.17) is 14.2 Å². The molecule has 2 N–H and O–H groups in total. The van der Waals surface area contributed by atoms with Crippen molar-refractivity contribution in [3.63, 3.8) is 0 Å². The summed E-state index contributed by atoms with van der Waals surface area (Å²) in [5.74, 6) is 2.85. The first kappa shape index (κ1) is 28.6. The second-order valence-corrected chi connectivity index (χ2v) is 10.2. The van der Waals surface area contributed by atoms with E-state index in [1.54, 1.807) is 33.1 Å².